The largest absolute Gasteiger partial charge is 0.385 e. The van der Waals surface area contributed by atoms with Crippen molar-refractivity contribution in [3.8, 4) is 0 Å². The second-order valence-electron chi connectivity index (χ2n) is 4.80. The molecule has 0 unspecified atom stereocenters. The van der Waals surface area contributed by atoms with E-state index in [0.29, 0.717) is 13.2 Å². The second kappa shape index (κ2) is 6.56. The Morgan fingerprint density at radius 1 is 1.68 bits per heavy atom. The molecule has 0 aromatic carbocycles. The van der Waals surface area contributed by atoms with Crippen LogP contribution in [-0.2, 0) is 4.74 Å². The van der Waals surface area contributed by atoms with Crippen molar-refractivity contribution >= 4 is 6.03 Å². The van der Waals surface area contributed by atoms with Crippen LogP contribution < -0.4 is 5.32 Å². The fourth-order valence-corrected chi connectivity index (χ4v) is 2.36. The first-order chi connectivity index (χ1) is 9.22. The topological polar surface area (TPSA) is 67.6 Å². The molecule has 6 nitrogen and oxygen atoms in total. The Hall–Kier alpha value is -1.56. The quantitative estimate of drug-likeness (QED) is 0.827. The van der Waals surface area contributed by atoms with Crippen LogP contribution in [0.1, 0.15) is 36.8 Å². The number of hydrogen-bond donors (Lipinski definition) is 1. The number of nitrogens with zero attached hydrogens (tertiary/aromatic N) is 2. The van der Waals surface area contributed by atoms with Crippen LogP contribution in [0.3, 0.4) is 0 Å². The molecule has 0 spiro atoms. The van der Waals surface area contributed by atoms with Gasteiger partial charge in [-0.3, -0.25) is 0 Å². The molecule has 2 rings (SSSR count). The number of carbonyl (C=O) groups is 1. The van der Waals surface area contributed by atoms with Gasteiger partial charge in [-0.1, -0.05) is 5.16 Å². The number of rotatable bonds is 5. The van der Waals surface area contributed by atoms with Crippen LogP contribution in [0.15, 0.2) is 10.6 Å². The van der Waals surface area contributed by atoms with Gasteiger partial charge >= 0.3 is 6.03 Å². The normalized spacial score (nSPS) is 18.8. The molecule has 1 saturated heterocycles. The van der Waals surface area contributed by atoms with Crippen LogP contribution in [0, 0.1) is 6.92 Å². The van der Waals surface area contributed by atoms with Gasteiger partial charge in [-0.05, 0) is 26.2 Å². The molecule has 6 heteroatoms. The Balaban J connectivity index is 1.89. The summed E-state index contributed by atoms with van der Waals surface area (Å²) in [5.41, 5.74) is 0.849. The number of amides is 2. The first-order valence-electron chi connectivity index (χ1n) is 6.69. The maximum Gasteiger partial charge on any atom is 0.318 e. The molecule has 2 amide bonds. The summed E-state index contributed by atoms with van der Waals surface area (Å²) in [4.78, 5) is 13.9. The molecular formula is C13H21N3O3. The lowest BCUT2D eigenvalue weighted by Crippen LogP contribution is -2.40. The summed E-state index contributed by atoms with van der Waals surface area (Å²) in [6.07, 6.45) is 2.75. The van der Waals surface area contributed by atoms with Gasteiger partial charge in [0.05, 0.1) is 11.7 Å². The number of hydrogen-bond acceptors (Lipinski definition) is 4. The van der Waals surface area contributed by atoms with Crippen LogP contribution in [0.25, 0.3) is 0 Å². The predicted octanol–water partition coefficient (Wildman–Crippen LogP) is 1.87. The van der Waals surface area contributed by atoms with E-state index in [2.05, 4.69) is 10.5 Å². The highest BCUT2D eigenvalue weighted by Gasteiger charge is 2.32. The zero-order valence-corrected chi connectivity index (χ0v) is 11.5. The number of aromatic nitrogens is 1. The summed E-state index contributed by atoms with van der Waals surface area (Å²) in [6, 6.07) is 1.89. The van der Waals surface area contributed by atoms with E-state index in [4.69, 9.17) is 9.26 Å². The summed E-state index contributed by atoms with van der Waals surface area (Å²) in [5, 5.41) is 6.80. The number of nitrogens with one attached hydrogen (secondary N) is 1. The first kappa shape index (κ1) is 13.9. The van der Waals surface area contributed by atoms with Crippen molar-refractivity contribution in [2.75, 3.05) is 26.8 Å². The molecule has 1 atom stereocenters. The Kier molecular flexibility index (Phi) is 4.79. The maximum absolute atomic E-state index is 12.1. The van der Waals surface area contributed by atoms with Crippen molar-refractivity contribution in [3.05, 3.63) is 17.5 Å². The number of urea groups is 1. The van der Waals surface area contributed by atoms with Gasteiger partial charge in [-0.25, -0.2) is 4.79 Å². The fourth-order valence-electron chi connectivity index (χ4n) is 2.36. The third-order valence-electron chi connectivity index (χ3n) is 3.29. The minimum atomic E-state index is -0.0346. The zero-order valence-electron chi connectivity index (χ0n) is 11.5. The standard InChI is InChI=1S/C13H21N3O3/c1-10-9-12(19-15-10)11-5-3-7-16(11)13(17)14-6-4-8-18-2/h9,11H,3-8H2,1-2H3,(H,14,17)/t11-/m1/s1. The third kappa shape index (κ3) is 3.47. The highest BCUT2D eigenvalue weighted by Crippen LogP contribution is 2.32. The van der Waals surface area contributed by atoms with Gasteiger partial charge in [0.1, 0.15) is 0 Å². The SMILES string of the molecule is COCCCNC(=O)N1CCC[C@@H]1c1cc(C)no1. The van der Waals surface area contributed by atoms with Gasteiger partial charge in [0.2, 0.25) is 0 Å². The molecule has 1 aromatic heterocycles. The van der Waals surface area contributed by atoms with Gasteiger partial charge in [-0.2, -0.15) is 0 Å². The second-order valence-corrected chi connectivity index (χ2v) is 4.80. The molecule has 0 radical (unpaired) electrons. The number of methoxy groups -OCH3 is 1. The van der Waals surface area contributed by atoms with Gasteiger partial charge in [0.25, 0.3) is 0 Å². The van der Waals surface area contributed by atoms with E-state index < -0.39 is 0 Å². The molecular weight excluding hydrogens is 246 g/mol. The van der Waals surface area contributed by atoms with Crippen molar-refractivity contribution in [3.63, 3.8) is 0 Å². The van der Waals surface area contributed by atoms with Gasteiger partial charge in [0, 0.05) is 32.9 Å². The lowest BCUT2D eigenvalue weighted by molar-refractivity contribution is 0.176. The average molecular weight is 267 g/mol. The van der Waals surface area contributed by atoms with Crippen molar-refractivity contribution in [1.29, 1.82) is 0 Å². The Bertz CT molecular complexity index is 419. The number of likely N-dealkylation sites (tertiary alicyclic amines) is 1. The highest BCUT2D eigenvalue weighted by molar-refractivity contribution is 5.74. The van der Waals surface area contributed by atoms with Gasteiger partial charge in [0.15, 0.2) is 5.76 Å². The minimum Gasteiger partial charge on any atom is -0.385 e. The highest BCUT2D eigenvalue weighted by atomic mass is 16.5. The summed E-state index contributed by atoms with van der Waals surface area (Å²) in [6.45, 7) is 3.94. The van der Waals surface area contributed by atoms with Crippen LogP contribution >= 0.6 is 0 Å². The lowest BCUT2D eigenvalue weighted by atomic mass is 10.1. The van der Waals surface area contributed by atoms with E-state index in [1.54, 1.807) is 7.11 Å². The maximum atomic E-state index is 12.1. The minimum absolute atomic E-state index is 0.0172. The molecule has 106 valence electrons. The molecule has 1 aromatic rings. The van der Waals surface area contributed by atoms with Gasteiger partial charge in [-0.15, -0.1) is 0 Å². The van der Waals surface area contributed by atoms with E-state index >= 15 is 0 Å². The molecule has 1 N–H and O–H groups in total. The summed E-state index contributed by atoms with van der Waals surface area (Å²) in [7, 11) is 1.66. The van der Waals surface area contributed by atoms with E-state index in [9.17, 15) is 4.79 Å². The van der Waals surface area contributed by atoms with Crippen LogP contribution in [0.5, 0.6) is 0 Å². The van der Waals surface area contributed by atoms with E-state index in [1.807, 2.05) is 17.9 Å². The fraction of sp³-hybridized carbons (Fsp3) is 0.692. The Morgan fingerprint density at radius 2 is 2.53 bits per heavy atom. The summed E-state index contributed by atoms with van der Waals surface area (Å²) in [5.74, 6) is 0.780. The van der Waals surface area contributed by atoms with Crippen LogP contribution in [-0.4, -0.2) is 42.9 Å². The van der Waals surface area contributed by atoms with Gasteiger partial charge < -0.3 is 19.5 Å². The Labute approximate surface area is 113 Å². The Morgan fingerprint density at radius 3 is 3.21 bits per heavy atom. The number of ether oxygens (including phenoxy) is 1. The molecule has 0 aliphatic carbocycles. The molecule has 0 bridgehead atoms. The molecule has 19 heavy (non-hydrogen) atoms. The molecule has 0 saturated carbocycles. The number of aryl methyl sites for hydroxylation is 1. The molecule has 1 aliphatic rings. The molecule has 2 heterocycles. The van der Waals surface area contributed by atoms with E-state index in [1.165, 1.54) is 0 Å². The lowest BCUT2D eigenvalue weighted by Gasteiger charge is -2.22. The van der Waals surface area contributed by atoms with Crippen molar-refractivity contribution in [2.45, 2.75) is 32.2 Å². The summed E-state index contributed by atoms with van der Waals surface area (Å²) < 4.78 is 10.2. The molecule has 1 fully saturated rings. The summed E-state index contributed by atoms with van der Waals surface area (Å²) >= 11 is 0. The van der Waals surface area contributed by atoms with E-state index in [0.717, 1.165) is 37.3 Å². The third-order valence-corrected chi connectivity index (χ3v) is 3.29. The first-order valence-corrected chi connectivity index (χ1v) is 6.69. The zero-order chi connectivity index (χ0) is 13.7. The average Bonchev–Trinajstić information content (AvgIpc) is 3.02. The number of carbonyl (C=O) groups excluding carboxylic acids is 1. The molecule has 1 aliphatic heterocycles. The van der Waals surface area contributed by atoms with Crippen molar-refractivity contribution in [1.82, 2.24) is 15.4 Å². The monoisotopic (exact) mass is 267 g/mol. The smallest absolute Gasteiger partial charge is 0.318 e. The van der Waals surface area contributed by atoms with Crippen molar-refractivity contribution in [2.24, 2.45) is 0 Å². The van der Waals surface area contributed by atoms with Crippen LogP contribution in [0.2, 0.25) is 0 Å². The van der Waals surface area contributed by atoms with E-state index in [-0.39, 0.29) is 12.1 Å². The predicted molar refractivity (Wildman–Crippen MR) is 69.8 cm³/mol. The van der Waals surface area contributed by atoms with Crippen LogP contribution in [0.4, 0.5) is 4.79 Å². The van der Waals surface area contributed by atoms with Crippen molar-refractivity contribution < 1.29 is 14.1 Å².